The summed E-state index contributed by atoms with van der Waals surface area (Å²) in [5.74, 6) is -0.438. The molecule has 0 fully saturated rings. The summed E-state index contributed by atoms with van der Waals surface area (Å²) in [7, 11) is 1.52. The number of hydrogen-bond acceptors (Lipinski definition) is 3. The molecule has 0 saturated heterocycles. The molecule has 0 aliphatic rings. The van der Waals surface area contributed by atoms with Crippen molar-refractivity contribution in [2.45, 2.75) is 6.92 Å². The van der Waals surface area contributed by atoms with Crippen molar-refractivity contribution in [1.29, 1.82) is 0 Å². The predicted octanol–water partition coefficient (Wildman–Crippen LogP) is 1.91. The first-order valence-electron chi connectivity index (χ1n) is 4.63. The van der Waals surface area contributed by atoms with Crippen LogP contribution in [0.25, 0.3) is 6.08 Å². The molecule has 84 valence electrons. The minimum atomic E-state index is -1.06. The maximum absolute atomic E-state index is 10.8. The van der Waals surface area contributed by atoms with Gasteiger partial charge >= 0.3 is 5.97 Å². The van der Waals surface area contributed by atoms with E-state index in [0.717, 1.165) is 11.6 Å². The first-order valence-corrected chi connectivity index (χ1v) is 4.63. The van der Waals surface area contributed by atoms with E-state index >= 15 is 0 Å². The lowest BCUT2D eigenvalue weighted by molar-refractivity contribution is -0.131. The van der Waals surface area contributed by atoms with Crippen LogP contribution in [-0.2, 0) is 4.79 Å². The third kappa shape index (κ3) is 2.70. The van der Waals surface area contributed by atoms with Crippen molar-refractivity contribution in [2.75, 3.05) is 7.11 Å². The van der Waals surface area contributed by atoms with Gasteiger partial charge in [-0.05, 0) is 36.3 Å². The summed E-state index contributed by atoms with van der Waals surface area (Å²) in [6, 6.07) is 3.30. The second kappa shape index (κ2) is 5.11. The maximum atomic E-state index is 10.8. The van der Waals surface area contributed by atoms with E-state index in [2.05, 4.69) is 0 Å². The molecular formula is C12H12O4. The fraction of sp³-hybridized carbons (Fsp3) is 0.167. The van der Waals surface area contributed by atoms with Crippen molar-refractivity contribution >= 4 is 18.3 Å². The molecule has 1 aromatic rings. The van der Waals surface area contributed by atoms with E-state index in [0.29, 0.717) is 23.2 Å². The molecule has 0 unspecified atom stereocenters. The molecule has 16 heavy (non-hydrogen) atoms. The normalized spacial score (nSPS) is 10.4. The Morgan fingerprint density at radius 3 is 2.56 bits per heavy atom. The standard InChI is InChI=1S/C12H12O4/c1-8-5-10(7-13)9(3-4-12(14)15)6-11(8)16-2/h3-7H,1-2H3,(H,14,15)/b4-3+. The van der Waals surface area contributed by atoms with Gasteiger partial charge in [-0.2, -0.15) is 0 Å². The zero-order valence-electron chi connectivity index (χ0n) is 9.06. The van der Waals surface area contributed by atoms with Crippen molar-refractivity contribution in [3.05, 3.63) is 34.9 Å². The Kier molecular flexibility index (Phi) is 3.83. The van der Waals surface area contributed by atoms with Gasteiger partial charge in [-0.25, -0.2) is 4.79 Å². The Morgan fingerprint density at radius 2 is 2.06 bits per heavy atom. The molecule has 0 saturated carbocycles. The number of aryl methyl sites for hydroxylation is 1. The molecule has 0 spiro atoms. The Morgan fingerprint density at radius 1 is 1.38 bits per heavy atom. The van der Waals surface area contributed by atoms with Gasteiger partial charge in [0.25, 0.3) is 0 Å². The summed E-state index contributed by atoms with van der Waals surface area (Å²) in [4.78, 5) is 21.2. The van der Waals surface area contributed by atoms with Crippen LogP contribution in [0.2, 0.25) is 0 Å². The van der Waals surface area contributed by atoms with Crippen molar-refractivity contribution in [1.82, 2.24) is 0 Å². The van der Waals surface area contributed by atoms with Crippen LogP contribution in [0.15, 0.2) is 18.2 Å². The summed E-state index contributed by atoms with van der Waals surface area (Å²) in [6.45, 7) is 1.82. The zero-order chi connectivity index (χ0) is 12.1. The van der Waals surface area contributed by atoms with Crippen LogP contribution in [0.1, 0.15) is 21.5 Å². The van der Waals surface area contributed by atoms with Crippen molar-refractivity contribution in [3.63, 3.8) is 0 Å². The monoisotopic (exact) mass is 220 g/mol. The Labute approximate surface area is 93.2 Å². The first kappa shape index (κ1) is 12.0. The highest BCUT2D eigenvalue weighted by molar-refractivity contribution is 5.89. The minimum Gasteiger partial charge on any atom is -0.496 e. The molecule has 0 atom stereocenters. The highest BCUT2D eigenvalue weighted by atomic mass is 16.5. The molecule has 0 radical (unpaired) electrons. The van der Waals surface area contributed by atoms with Gasteiger partial charge in [0.15, 0.2) is 6.29 Å². The Hall–Kier alpha value is -2.10. The van der Waals surface area contributed by atoms with E-state index in [-0.39, 0.29) is 0 Å². The SMILES string of the molecule is COc1cc(/C=C/C(=O)O)c(C=O)cc1C. The van der Waals surface area contributed by atoms with E-state index < -0.39 is 5.97 Å². The fourth-order valence-electron chi connectivity index (χ4n) is 1.35. The predicted molar refractivity (Wildman–Crippen MR) is 59.8 cm³/mol. The van der Waals surface area contributed by atoms with Crippen LogP contribution in [0, 0.1) is 6.92 Å². The van der Waals surface area contributed by atoms with E-state index in [1.165, 1.54) is 13.2 Å². The molecule has 1 rings (SSSR count). The number of carbonyl (C=O) groups excluding carboxylic acids is 1. The number of aldehydes is 1. The van der Waals surface area contributed by atoms with E-state index in [9.17, 15) is 9.59 Å². The lowest BCUT2D eigenvalue weighted by Gasteiger charge is -2.07. The second-order valence-corrected chi connectivity index (χ2v) is 3.24. The third-order valence-corrected chi connectivity index (χ3v) is 2.13. The van der Waals surface area contributed by atoms with Crippen LogP contribution in [-0.4, -0.2) is 24.5 Å². The number of carboxylic acid groups (broad SMARTS) is 1. The summed E-state index contributed by atoms with van der Waals surface area (Å²) in [5.41, 5.74) is 1.80. The molecule has 1 aromatic carbocycles. The highest BCUT2D eigenvalue weighted by Crippen LogP contribution is 2.23. The second-order valence-electron chi connectivity index (χ2n) is 3.24. The van der Waals surface area contributed by atoms with Gasteiger partial charge in [0.1, 0.15) is 5.75 Å². The molecular weight excluding hydrogens is 208 g/mol. The molecule has 0 heterocycles. The molecule has 0 aliphatic heterocycles. The molecule has 1 N–H and O–H groups in total. The number of carbonyl (C=O) groups is 2. The topological polar surface area (TPSA) is 63.6 Å². The number of aliphatic carboxylic acids is 1. The maximum Gasteiger partial charge on any atom is 0.328 e. The Balaban J connectivity index is 3.24. The number of carboxylic acids is 1. The van der Waals surface area contributed by atoms with Gasteiger partial charge in [0.05, 0.1) is 7.11 Å². The van der Waals surface area contributed by atoms with Crippen LogP contribution >= 0.6 is 0 Å². The van der Waals surface area contributed by atoms with Crippen LogP contribution in [0.5, 0.6) is 5.75 Å². The van der Waals surface area contributed by atoms with E-state index in [1.807, 2.05) is 6.92 Å². The Bertz CT molecular complexity index is 447. The van der Waals surface area contributed by atoms with E-state index in [1.54, 1.807) is 12.1 Å². The molecule has 0 bridgehead atoms. The van der Waals surface area contributed by atoms with E-state index in [4.69, 9.17) is 9.84 Å². The first-order chi connectivity index (χ1) is 7.58. The summed E-state index contributed by atoms with van der Waals surface area (Å²) >= 11 is 0. The average Bonchev–Trinajstić information content (AvgIpc) is 2.26. The molecule has 0 amide bonds. The summed E-state index contributed by atoms with van der Waals surface area (Å²) in [5, 5.41) is 8.51. The number of hydrogen-bond donors (Lipinski definition) is 1. The summed E-state index contributed by atoms with van der Waals surface area (Å²) in [6.07, 6.45) is 3.04. The van der Waals surface area contributed by atoms with Crippen molar-refractivity contribution < 1.29 is 19.4 Å². The van der Waals surface area contributed by atoms with Crippen molar-refractivity contribution in [2.24, 2.45) is 0 Å². The van der Waals surface area contributed by atoms with Gasteiger partial charge in [0.2, 0.25) is 0 Å². The number of ether oxygens (including phenoxy) is 1. The third-order valence-electron chi connectivity index (χ3n) is 2.13. The largest absolute Gasteiger partial charge is 0.496 e. The average molecular weight is 220 g/mol. The highest BCUT2D eigenvalue weighted by Gasteiger charge is 2.05. The minimum absolute atomic E-state index is 0.441. The summed E-state index contributed by atoms with van der Waals surface area (Å²) < 4.78 is 5.09. The molecule has 4 nitrogen and oxygen atoms in total. The van der Waals surface area contributed by atoms with Gasteiger partial charge in [-0.1, -0.05) is 0 Å². The number of benzene rings is 1. The number of methoxy groups -OCH3 is 1. The van der Waals surface area contributed by atoms with Crippen LogP contribution < -0.4 is 4.74 Å². The number of rotatable bonds is 4. The van der Waals surface area contributed by atoms with Gasteiger partial charge in [-0.3, -0.25) is 4.79 Å². The lowest BCUT2D eigenvalue weighted by atomic mass is 10.0. The van der Waals surface area contributed by atoms with Gasteiger partial charge in [-0.15, -0.1) is 0 Å². The van der Waals surface area contributed by atoms with Crippen LogP contribution in [0.4, 0.5) is 0 Å². The molecule has 0 aromatic heterocycles. The van der Waals surface area contributed by atoms with Gasteiger partial charge < -0.3 is 9.84 Å². The molecule has 0 aliphatic carbocycles. The van der Waals surface area contributed by atoms with Gasteiger partial charge in [0, 0.05) is 11.6 Å². The van der Waals surface area contributed by atoms with Crippen LogP contribution in [0.3, 0.4) is 0 Å². The quantitative estimate of drug-likeness (QED) is 0.622. The van der Waals surface area contributed by atoms with Crippen molar-refractivity contribution in [3.8, 4) is 5.75 Å². The molecule has 4 heteroatoms. The lowest BCUT2D eigenvalue weighted by Crippen LogP contribution is -1.94. The fourth-order valence-corrected chi connectivity index (χ4v) is 1.35. The zero-order valence-corrected chi connectivity index (χ0v) is 9.06. The smallest absolute Gasteiger partial charge is 0.328 e.